The Bertz CT molecular complexity index is 585. The number of nitrogens with zero attached hydrogens (tertiary/aromatic N) is 3. The molecule has 1 N–H and O–H groups in total. The van der Waals surface area contributed by atoms with Crippen LogP contribution >= 0.6 is 45.2 Å². The van der Waals surface area contributed by atoms with Crippen molar-refractivity contribution in [1.29, 1.82) is 0 Å². The van der Waals surface area contributed by atoms with Gasteiger partial charge in [0.05, 0.1) is 23.3 Å². The maximum Gasteiger partial charge on any atom is 0.132 e. The van der Waals surface area contributed by atoms with E-state index in [2.05, 4.69) is 94.0 Å². The van der Waals surface area contributed by atoms with Gasteiger partial charge >= 0.3 is 0 Å². The van der Waals surface area contributed by atoms with Crippen LogP contribution in [0.25, 0.3) is 11.4 Å². The van der Waals surface area contributed by atoms with Crippen LogP contribution in [-0.4, -0.2) is 19.7 Å². The van der Waals surface area contributed by atoms with Gasteiger partial charge in [-0.05, 0) is 13.0 Å². The topological polar surface area (TPSA) is 46.5 Å². The van der Waals surface area contributed by atoms with E-state index in [0.717, 1.165) is 22.9 Å². The molecule has 104 valence electrons. The summed E-state index contributed by atoms with van der Waals surface area (Å²) < 4.78 is 1.88. The number of halogens is 2. The van der Waals surface area contributed by atoms with Gasteiger partial charge in [-0.1, -0.05) is 66.0 Å². The number of imidazole rings is 1. The summed E-state index contributed by atoms with van der Waals surface area (Å²) in [4.78, 5) is 7.85. The first-order valence-electron chi connectivity index (χ1n) is 6.07. The third-order valence-electron chi connectivity index (χ3n) is 2.92. The second-order valence-corrected chi connectivity index (χ2v) is 12.2. The standard InChI is InChI=1S/C13H18I2N4/c1-12(2,3)10-6-9(19(5)18-10)8-7-16-11(17-8)13(4,14)15/h6-7H,1-5H3,(H,16,17). The predicted molar refractivity (Wildman–Crippen MR) is 94.9 cm³/mol. The number of nitrogens with one attached hydrogen (secondary N) is 1. The summed E-state index contributed by atoms with van der Waals surface area (Å²) in [6, 6.07) is 2.13. The molecular weight excluding hydrogens is 466 g/mol. The molecule has 0 aliphatic rings. The minimum absolute atomic E-state index is 0.0286. The van der Waals surface area contributed by atoms with E-state index in [1.165, 1.54) is 0 Å². The number of hydrogen-bond acceptors (Lipinski definition) is 2. The molecular formula is C13H18I2N4. The number of aromatic amines is 1. The van der Waals surface area contributed by atoms with Gasteiger partial charge in [-0.2, -0.15) is 5.10 Å². The van der Waals surface area contributed by atoms with E-state index in [9.17, 15) is 0 Å². The van der Waals surface area contributed by atoms with Crippen molar-refractivity contribution in [2.45, 2.75) is 34.5 Å². The van der Waals surface area contributed by atoms with Gasteiger partial charge < -0.3 is 4.98 Å². The average molecular weight is 484 g/mol. The zero-order chi connectivity index (χ0) is 14.4. The highest BCUT2D eigenvalue weighted by atomic mass is 127. The van der Waals surface area contributed by atoms with Gasteiger partial charge in [0.1, 0.15) is 7.25 Å². The molecule has 2 rings (SSSR count). The summed E-state index contributed by atoms with van der Waals surface area (Å²) in [5, 5.41) is 4.59. The fourth-order valence-corrected chi connectivity index (χ4v) is 2.31. The van der Waals surface area contributed by atoms with Crippen molar-refractivity contribution in [2.75, 3.05) is 0 Å². The van der Waals surface area contributed by atoms with Gasteiger partial charge in [0.15, 0.2) is 0 Å². The lowest BCUT2D eigenvalue weighted by Gasteiger charge is -2.13. The number of rotatable bonds is 2. The van der Waals surface area contributed by atoms with Crippen LogP contribution in [0.5, 0.6) is 0 Å². The van der Waals surface area contributed by atoms with Gasteiger partial charge in [0, 0.05) is 12.5 Å². The quantitative estimate of drug-likeness (QED) is 0.515. The van der Waals surface area contributed by atoms with Crippen molar-refractivity contribution in [2.24, 2.45) is 7.05 Å². The monoisotopic (exact) mass is 484 g/mol. The molecule has 0 amide bonds. The summed E-state index contributed by atoms with van der Waals surface area (Å²) in [5.41, 5.74) is 3.23. The molecule has 0 aliphatic carbocycles. The molecule has 0 unspecified atom stereocenters. The molecule has 0 aliphatic heterocycles. The average Bonchev–Trinajstić information content (AvgIpc) is 2.80. The lowest BCUT2D eigenvalue weighted by atomic mass is 9.92. The first-order valence-corrected chi connectivity index (χ1v) is 8.23. The fourth-order valence-electron chi connectivity index (χ4n) is 1.76. The fraction of sp³-hybridized carbons (Fsp3) is 0.538. The molecule has 0 spiro atoms. The number of hydrogen-bond donors (Lipinski definition) is 1. The van der Waals surface area contributed by atoms with Crippen molar-refractivity contribution in [3.8, 4) is 11.4 Å². The van der Waals surface area contributed by atoms with Crippen molar-refractivity contribution in [3.05, 3.63) is 23.8 Å². The molecule has 0 atom stereocenters. The maximum absolute atomic E-state index is 4.59. The van der Waals surface area contributed by atoms with Crippen molar-refractivity contribution < 1.29 is 0 Å². The Kier molecular flexibility index (Phi) is 4.03. The molecule has 6 heteroatoms. The van der Waals surface area contributed by atoms with Crippen LogP contribution in [0.2, 0.25) is 0 Å². The van der Waals surface area contributed by atoms with E-state index < -0.39 is 0 Å². The van der Waals surface area contributed by atoms with Gasteiger partial charge in [-0.25, -0.2) is 4.98 Å². The number of alkyl halides is 2. The second-order valence-electron chi connectivity index (χ2n) is 5.82. The molecule has 0 aromatic carbocycles. The van der Waals surface area contributed by atoms with Crippen molar-refractivity contribution in [1.82, 2.24) is 19.7 Å². The number of aryl methyl sites for hydroxylation is 1. The van der Waals surface area contributed by atoms with E-state index >= 15 is 0 Å². The Morgan fingerprint density at radius 1 is 1.21 bits per heavy atom. The van der Waals surface area contributed by atoms with Crippen LogP contribution in [0.3, 0.4) is 0 Å². The molecule has 2 aromatic heterocycles. The zero-order valence-electron chi connectivity index (χ0n) is 11.8. The van der Waals surface area contributed by atoms with Crippen LogP contribution in [0.15, 0.2) is 12.3 Å². The summed E-state index contributed by atoms with van der Waals surface area (Å²) >= 11 is 4.74. The number of H-pyrrole nitrogens is 1. The Labute approximate surface area is 141 Å². The van der Waals surface area contributed by atoms with Gasteiger partial charge in [0.25, 0.3) is 0 Å². The molecule has 19 heavy (non-hydrogen) atoms. The minimum Gasteiger partial charge on any atom is -0.339 e. The van der Waals surface area contributed by atoms with E-state index in [1.807, 2.05) is 17.9 Å². The van der Waals surface area contributed by atoms with Crippen LogP contribution in [0.4, 0.5) is 0 Å². The van der Waals surface area contributed by atoms with Crippen molar-refractivity contribution in [3.63, 3.8) is 0 Å². The largest absolute Gasteiger partial charge is 0.339 e. The Morgan fingerprint density at radius 3 is 2.26 bits per heavy atom. The van der Waals surface area contributed by atoms with E-state index in [0.29, 0.717) is 0 Å². The van der Waals surface area contributed by atoms with E-state index in [1.54, 1.807) is 0 Å². The van der Waals surface area contributed by atoms with Gasteiger partial charge in [-0.3, -0.25) is 4.68 Å². The lowest BCUT2D eigenvalue weighted by Crippen LogP contribution is -2.12. The smallest absolute Gasteiger partial charge is 0.132 e. The van der Waals surface area contributed by atoms with E-state index in [-0.39, 0.29) is 6.84 Å². The van der Waals surface area contributed by atoms with Crippen LogP contribution < -0.4 is 0 Å². The van der Waals surface area contributed by atoms with Crippen LogP contribution in [0, 0.1) is 0 Å². The summed E-state index contributed by atoms with van der Waals surface area (Å²) in [6.45, 7) is 8.64. The Hall–Kier alpha value is -0.120. The molecule has 0 saturated carbocycles. The first-order chi connectivity index (χ1) is 8.59. The first kappa shape index (κ1) is 15.3. The third kappa shape index (κ3) is 3.32. The minimum atomic E-state index is -0.0286. The summed E-state index contributed by atoms with van der Waals surface area (Å²) in [7, 11) is 1.97. The molecule has 0 saturated heterocycles. The van der Waals surface area contributed by atoms with Gasteiger partial charge in [-0.15, -0.1) is 0 Å². The van der Waals surface area contributed by atoms with E-state index in [4.69, 9.17) is 0 Å². The van der Waals surface area contributed by atoms with Crippen LogP contribution in [-0.2, 0) is 13.9 Å². The maximum atomic E-state index is 4.59. The third-order valence-corrected chi connectivity index (χ3v) is 3.94. The molecule has 4 nitrogen and oxygen atoms in total. The molecule has 2 aromatic rings. The molecule has 0 bridgehead atoms. The van der Waals surface area contributed by atoms with Crippen LogP contribution in [0.1, 0.15) is 39.2 Å². The molecule has 2 heterocycles. The zero-order valence-corrected chi connectivity index (χ0v) is 16.1. The Balaban J connectivity index is 2.43. The number of aromatic nitrogens is 4. The molecule has 0 radical (unpaired) electrons. The molecule has 0 fully saturated rings. The van der Waals surface area contributed by atoms with Gasteiger partial charge in [0.2, 0.25) is 0 Å². The van der Waals surface area contributed by atoms with Crippen molar-refractivity contribution >= 4 is 45.2 Å². The SMILES string of the molecule is Cn1nc(C(C)(C)C)cc1-c1cnc(C(C)(I)I)[nH]1. The lowest BCUT2D eigenvalue weighted by molar-refractivity contribution is 0.553. The highest BCUT2D eigenvalue weighted by molar-refractivity contribution is 14.2. The highest BCUT2D eigenvalue weighted by Crippen LogP contribution is 2.37. The Morgan fingerprint density at radius 2 is 1.84 bits per heavy atom. The summed E-state index contributed by atoms with van der Waals surface area (Å²) in [6.07, 6.45) is 1.88. The second kappa shape index (κ2) is 5.01. The normalized spacial score (nSPS) is 13.0. The predicted octanol–water partition coefficient (Wildman–Crippen LogP) is 4.15. The highest BCUT2D eigenvalue weighted by Gasteiger charge is 2.24. The summed E-state index contributed by atoms with van der Waals surface area (Å²) in [5.74, 6) is 0.974.